The lowest BCUT2D eigenvalue weighted by molar-refractivity contribution is 0.123. The van der Waals surface area contributed by atoms with Gasteiger partial charge in [0.15, 0.2) is 0 Å². The van der Waals surface area contributed by atoms with E-state index in [1.807, 2.05) is 19.1 Å². The quantitative estimate of drug-likeness (QED) is 0.322. The first-order valence-corrected chi connectivity index (χ1v) is 13.3. The van der Waals surface area contributed by atoms with Crippen molar-refractivity contribution in [3.63, 3.8) is 0 Å². The van der Waals surface area contributed by atoms with Crippen LogP contribution in [0.25, 0.3) is 0 Å². The van der Waals surface area contributed by atoms with E-state index >= 15 is 0 Å². The Labute approximate surface area is 178 Å². The summed E-state index contributed by atoms with van der Waals surface area (Å²) in [5, 5.41) is 0. The molecule has 1 aromatic rings. The highest BCUT2D eigenvalue weighted by Crippen LogP contribution is 2.42. The second-order valence-corrected chi connectivity index (χ2v) is 11.2. The maximum Gasteiger partial charge on any atom is 0.296 e. The zero-order valence-electron chi connectivity index (χ0n) is 18.4. The lowest BCUT2D eigenvalue weighted by Gasteiger charge is -2.37. The van der Waals surface area contributed by atoms with Crippen molar-refractivity contribution in [2.24, 2.45) is 23.7 Å². The fourth-order valence-corrected chi connectivity index (χ4v) is 6.39. The van der Waals surface area contributed by atoms with Gasteiger partial charge in [-0.25, -0.2) is 0 Å². The van der Waals surface area contributed by atoms with Gasteiger partial charge < -0.3 is 0 Å². The smallest absolute Gasteiger partial charge is 0.266 e. The van der Waals surface area contributed by atoms with Gasteiger partial charge in [-0.2, -0.15) is 8.42 Å². The van der Waals surface area contributed by atoms with Crippen LogP contribution in [0.15, 0.2) is 29.2 Å². The molecule has 0 radical (unpaired) electrons. The van der Waals surface area contributed by atoms with Crippen molar-refractivity contribution >= 4 is 10.1 Å². The van der Waals surface area contributed by atoms with E-state index in [9.17, 15) is 8.42 Å². The summed E-state index contributed by atoms with van der Waals surface area (Å²) in [6.45, 7) is 4.58. The van der Waals surface area contributed by atoms with E-state index in [1.54, 1.807) is 12.1 Å². The van der Waals surface area contributed by atoms with Gasteiger partial charge >= 0.3 is 0 Å². The van der Waals surface area contributed by atoms with Crippen LogP contribution in [-0.2, 0) is 14.3 Å². The number of benzene rings is 1. The molecule has 0 unspecified atom stereocenters. The van der Waals surface area contributed by atoms with Gasteiger partial charge in [-0.3, -0.25) is 4.18 Å². The van der Waals surface area contributed by atoms with E-state index in [4.69, 9.17) is 4.18 Å². The third kappa shape index (κ3) is 6.82. The van der Waals surface area contributed by atoms with Crippen LogP contribution in [0.2, 0.25) is 0 Å². The van der Waals surface area contributed by atoms with E-state index in [2.05, 4.69) is 6.92 Å². The Morgan fingerprint density at radius 1 is 0.828 bits per heavy atom. The summed E-state index contributed by atoms with van der Waals surface area (Å²) in [4.78, 5) is 0.271. The van der Waals surface area contributed by atoms with Gasteiger partial charge in [-0.1, -0.05) is 63.1 Å². The Morgan fingerprint density at radius 2 is 1.38 bits per heavy atom. The number of unbranched alkanes of at least 4 members (excludes halogenated alkanes) is 2. The maximum atomic E-state index is 12.4. The molecule has 0 atom stereocenters. The van der Waals surface area contributed by atoms with Crippen molar-refractivity contribution in [3.05, 3.63) is 29.8 Å². The van der Waals surface area contributed by atoms with E-state index in [-0.39, 0.29) is 4.90 Å². The predicted molar refractivity (Wildman–Crippen MR) is 119 cm³/mol. The Kier molecular flexibility index (Phi) is 8.61. The molecule has 3 nitrogen and oxygen atoms in total. The van der Waals surface area contributed by atoms with Crippen molar-refractivity contribution in [2.45, 2.75) is 95.8 Å². The van der Waals surface area contributed by atoms with Crippen LogP contribution in [0.5, 0.6) is 0 Å². The van der Waals surface area contributed by atoms with E-state index in [0.717, 1.165) is 36.2 Å². The number of hydrogen-bond donors (Lipinski definition) is 0. The average molecular weight is 421 g/mol. The second-order valence-electron chi connectivity index (χ2n) is 9.61. The Hall–Kier alpha value is -0.870. The molecule has 0 aromatic heterocycles. The first-order valence-electron chi connectivity index (χ1n) is 11.9. The fraction of sp³-hybridized carbons (Fsp3) is 0.760. The third-order valence-corrected chi connectivity index (χ3v) is 8.73. The largest absolute Gasteiger partial charge is 0.296 e. The molecule has 2 saturated carbocycles. The van der Waals surface area contributed by atoms with Crippen LogP contribution in [0.1, 0.15) is 89.5 Å². The summed E-state index contributed by atoms with van der Waals surface area (Å²) in [5.74, 6) is 3.14. The van der Waals surface area contributed by atoms with Crippen LogP contribution in [0, 0.1) is 30.6 Å². The van der Waals surface area contributed by atoms with Crippen LogP contribution in [0.4, 0.5) is 0 Å². The molecule has 29 heavy (non-hydrogen) atoms. The molecule has 0 spiro atoms. The second kappa shape index (κ2) is 10.9. The molecule has 1 aromatic carbocycles. The molecule has 3 rings (SSSR count). The summed E-state index contributed by atoms with van der Waals surface area (Å²) < 4.78 is 30.2. The van der Waals surface area contributed by atoms with Crippen LogP contribution < -0.4 is 0 Å². The Balaban J connectivity index is 1.37. The highest BCUT2D eigenvalue weighted by molar-refractivity contribution is 7.86. The number of hydrogen-bond acceptors (Lipinski definition) is 3. The Bertz CT molecular complexity index is 694. The first kappa shape index (κ1) is 22.8. The zero-order valence-corrected chi connectivity index (χ0v) is 19.3. The minimum atomic E-state index is -3.63. The molecule has 0 saturated heterocycles. The van der Waals surface area contributed by atoms with Gasteiger partial charge in [0, 0.05) is 0 Å². The minimum absolute atomic E-state index is 0.271. The van der Waals surface area contributed by atoms with E-state index in [0.29, 0.717) is 12.5 Å². The molecular formula is C25H40O3S. The summed E-state index contributed by atoms with van der Waals surface area (Å²) in [6.07, 6.45) is 16.0. The molecule has 0 heterocycles. The van der Waals surface area contributed by atoms with Crippen molar-refractivity contribution in [1.82, 2.24) is 0 Å². The van der Waals surface area contributed by atoms with Gasteiger partial charge in [0.25, 0.3) is 10.1 Å². The highest BCUT2D eigenvalue weighted by atomic mass is 32.2. The Morgan fingerprint density at radius 3 is 1.93 bits per heavy atom. The zero-order chi connectivity index (χ0) is 20.7. The fourth-order valence-electron chi connectivity index (χ4n) is 5.42. The van der Waals surface area contributed by atoms with E-state index < -0.39 is 10.1 Å². The van der Waals surface area contributed by atoms with Crippen molar-refractivity contribution in [1.29, 1.82) is 0 Å². The van der Waals surface area contributed by atoms with Gasteiger partial charge in [-0.05, 0) is 81.3 Å². The molecule has 0 aliphatic heterocycles. The van der Waals surface area contributed by atoms with Gasteiger partial charge in [0.05, 0.1) is 11.5 Å². The topological polar surface area (TPSA) is 43.4 Å². The lowest BCUT2D eigenvalue weighted by Crippen LogP contribution is -2.27. The minimum Gasteiger partial charge on any atom is -0.266 e. The molecule has 2 aliphatic rings. The van der Waals surface area contributed by atoms with Gasteiger partial charge in [0.2, 0.25) is 0 Å². The van der Waals surface area contributed by atoms with Crippen molar-refractivity contribution in [2.75, 3.05) is 6.61 Å². The predicted octanol–water partition coefficient (Wildman–Crippen LogP) is 6.89. The first-order chi connectivity index (χ1) is 14.0. The van der Waals surface area contributed by atoms with Crippen LogP contribution >= 0.6 is 0 Å². The number of aryl methyl sites for hydroxylation is 1. The van der Waals surface area contributed by atoms with Crippen molar-refractivity contribution < 1.29 is 12.6 Å². The SMILES string of the molecule is CCCCCC1CCC(C2CCC(COS(=O)(=O)c3ccc(C)cc3)CC2)CC1. The van der Waals surface area contributed by atoms with Gasteiger partial charge in [-0.15, -0.1) is 0 Å². The maximum absolute atomic E-state index is 12.4. The van der Waals surface area contributed by atoms with Crippen LogP contribution in [-0.4, -0.2) is 15.0 Å². The van der Waals surface area contributed by atoms with Gasteiger partial charge in [0.1, 0.15) is 0 Å². The normalized spacial score (nSPS) is 28.3. The van der Waals surface area contributed by atoms with Crippen LogP contribution in [0.3, 0.4) is 0 Å². The molecule has 2 fully saturated rings. The summed E-state index contributed by atoms with van der Waals surface area (Å²) in [7, 11) is -3.63. The summed E-state index contributed by atoms with van der Waals surface area (Å²) in [5.41, 5.74) is 1.05. The highest BCUT2D eigenvalue weighted by Gasteiger charge is 2.31. The standard InChI is InChI=1S/C25H40O3S/c1-3-4-5-6-21-9-13-23(14-10-21)24-15-11-22(12-16-24)19-28-29(26,27)25-17-7-20(2)8-18-25/h7-8,17-18,21-24H,3-6,9-16,19H2,1-2H3. The molecule has 4 heteroatoms. The third-order valence-electron chi connectivity index (χ3n) is 7.43. The lowest BCUT2D eigenvalue weighted by atomic mass is 9.69. The molecular weight excluding hydrogens is 380 g/mol. The van der Waals surface area contributed by atoms with Crippen molar-refractivity contribution in [3.8, 4) is 0 Å². The summed E-state index contributed by atoms with van der Waals surface area (Å²) >= 11 is 0. The summed E-state index contributed by atoms with van der Waals surface area (Å²) in [6, 6.07) is 6.92. The van der Waals surface area contributed by atoms with E-state index in [1.165, 1.54) is 64.2 Å². The monoisotopic (exact) mass is 420 g/mol. The molecule has 0 bridgehead atoms. The average Bonchev–Trinajstić information content (AvgIpc) is 2.74. The molecule has 164 valence electrons. The molecule has 0 amide bonds. The molecule has 2 aliphatic carbocycles. The molecule has 0 N–H and O–H groups in total. The number of rotatable bonds is 9.